The lowest BCUT2D eigenvalue weighted by molar-refractivity contribution is -0.122. The molecule has 7 heteroatoms. The van der Waals surface area contributed by atoms with Crippen molar-refractivity contribution in [3.05, 3.63) is 36.3 Å². The summed E-state index contributed by atoms with van der Waals surface area (Å²) in [6, 6.07) is 6.39. The van der Waals surface area contributed by atoms with Crippen molar-refractivity contribution in [3.8, 4) is 11.3 Å². The second-order valence-corrected chi connectivity index (χ2v) is 7.36. The number of benzene rings is 1. The molecule has 1 amide bonds. The molecular formula is C21H28FN5O. The first-order chi connectivity index (χ1) is 13.6. The third kappa shape index (κ3) is 5.24. The summed E-state index contributed by atoms with van der Waals surface area (Å²) in [5, 5.41) is 11.4. The van der Waals surface area contributed by atoms with E-state index >= 15 is 0 Å². The summed E-state index contributed by atoms with van der Waals surface area (Å²) in [5.41, 5.74) is 1.48. The zero-order valence-electron chi connectivity index (χ0n) is 16.6. The standard InChI is InChI=1S/C21H28FN5O/c1-3-15(4-2)13-20(28)24-18-9-11-27(12-10-18)21-25-19(14-23-26-21)16-5-7-17(22)8-6-16/h5-8,14-15,18H,3-4,9-13H2,1-2H3,(H,24,28). The van der Waals surface area contributed by atoms with Crippen LogP contribution in [0.4, 0.5) is 10.3 Å². The molecule has 0 atom stereocenters. The maximum Gasteiger partial charge on any atom is 0.245 e. The highest BCUT2D eigenvalue weighted by molar-refractivity contribution is 5.76. The fraction of sp³-hybridized carbons (Fsp3) is 0.524. The Kier molecular flexibility index (Phi) is 6.90. The summed E-state index contributed by atoms with van der Waals surface area (Å²) < 4.78 is 13.1. The van der Waals surface area contributed by atoms with E-state index < -0.39 is 0 Å². The van der Waals surface area contributed by atoms with Gasteiger partial charge in [0.1, 0.15) is 5.82 Å². The predicted octanol–water partition coefficient (Wildman–Crippen LogP) is 3.59. The highest BCUT2D eigenvalue weighted by atomic mass is 19.1. The van der Waals surface area contributed by atoms with Crippen LogP contribution in [0.3, 0.4) is 0 Å². The molecule has 6 nitrogen and oxygen atoms in total. The molecule has 1 aliphatic rings. The summed E-state index contributed by atoms with van der Waals surface area (Å²) in [6.45, 7) is 5.80. The molecule has 1 fully saturated rings. The third-order valence-electron chi connectivity index (χ3n) is 5.46. The molecule has 2 aromatic rings. The van der Waals surface area contributed by atoms with Gasteiger partial charge in [0.15, 0.2) is 0 Å². The number of hydrogen-bond acceptors (Lipinski definition) is 5. The van der Waals surface area contributed by atoms with Crippen molar-refractivity contribution in [1.82, 2.24) is 20.5 Å². The van der Waals surface area contributed by atoms with E-state index in [4.69, 9.17) is 0 Å². The van der Waals surface area contributed by atoms with Crippen LogP contribution < -0.4 is 10.2 Å². The Morgan fingerprint density at radius 2 is 1.89 bits per heavy atom. The lowest BCUT2D eigenvalue weighted by Gasteiger charge is -2.32. The number of nitrogens with one attached hydrogen (secondary N) is 1. The predicted molar refractivity (Wildman–Crippen MR) is 107 cm³/mol. The summed E-state index contributed by atoms with van der Waals surface area (Å²) >= 11 is 0. The summed E-state index contributed by atoms with van der Waals surface area (Å²) in [7, 11) is 0. The van der Waals surface area contributed by atoms with E-state index in [2.05, 4.69) is 39.2 Å². The van der Waals surface area contributed by atoms with Gasteiger partial charge in [-0.2, -0.15) is 5.10 Å². The van der Waals surface area contributed by atoms with Gasteiger partial charge in [-0.15, -0.1) is 5.10 Å². The Morgan fingerprint density at radius 1 is 1.21 bits per heavy atom. The SMILES string of the molecule is CCC(CC)CC(=O)NC1CCN(c2nncc(-c3ccc(F)cc3)n2)CC1. The second-order valence-electron chi connectivity index (χ2n) is 7.36. The number of rotatable bonds is 7. The van der Waals surface area contributed by atoms with Crippen LogP contribution in [0.1, 0.15) is 46.0 Å². The van der Waals surface area contributed by atoms with E-state index in [1.165, 1.54) is 12.1 Å². The zero-order chi connectivity index (χ0) is 19.9. The van der Waals surface area contributed by atoms with Crippen molar-refractivity contribution in [3.63, 3.8) is 0 Å². The molecule has 0 radical (unpaired) electrons. The van der Waals surface area contributed by atoms with Crippen molar-refractivity contribution < 1.29 is 9.18 Å². The van der Waals surface area contributed by atoms with Crippen LogP contribution in [0.5, 0.6) is 0 Å². The van der Waals surface area contributed by atoms with Crippen LogP contribution in [-0.4, -0.2) is 40.2 Å². The molecule has 0 spiro atoms. The molecular weight excluding hydrogens is 357 g/mol. The van der Waals surface area contributed by atoms with Gasteiger partial charge < -0.3 is 10.2 Å². The Hall–Kier alpha value is -2.57. The molecule has 2 heterocycles. The molecule has 0 unspecified atom stereocenters. The summed E-state index contributed by atoms with van der Waals surface area (Å²) in [4.78, 5) is 18.9. The van der Waals surface area contributed by atoms with Crippen molar-refractivity contribution >= 4 is 11.9 Å². The smallest absolute Gasteiger partial charge is 0.245 e. The molecule has 1 aliphatic heterocycles. The van der Waals surface area contributed by atoms with Gasteiger partial charge in [0.25, 0.3) is 0 Å². The van der Waals surface area contributed by atoms with E-state index in [9.17, 15) is 9.18 Å². The molecule has 0 bridgehead atoms. The summed E-state index contributed by atoms with van der Waals surface area (Å²) in [5.74, 6) is 0.917. The average molecular weight is 385 g/mol. The number of halogens is 1. The van der Waals surface area contributed by atoms with Crippen LogP contribution >= 0.6 is 0 Å². The minimum absolute atomic E-state index is 0.156. The molecule has 1 N–H and O–H groups in total. The zero-order valence-corrected chi connectivity index (χ0v) is 16.6. The number of aromatic nitrogens is 3. The van der Waals surface area contributed by atoms with Crippen molar-refractivity contribution in [2.75, 3.05) is 18.0 Å². The number of nitrogens with zero attached hydrogens (tertiary/aromatic N) is 4. The van der Waals surface area contributed by atoms with Gasteiger partial charge in [-0.25, -0.2) is 9.37 Å². The number of anilines is 1. The van der Waals surface area contributed by atoms with Crippen molar-refractivity contribution in [2.45, 2.75) is 52.0 Å². The Balaban J connectivity index is 1.56. The molecule has 150 valence electrons. The Labute approximate surface area is 165 Å². The average Bonchev–Trinajstić information content (AvgIpc) is 2.73. The van der Waals surface area contributed by atoms with E-state index in [-0.39, 0.29) is 17.8 Å². The normalized spacial score (nSPS) is 15.1. The highest BCUT2D eigenvalue weighted by Gasteiger charge is 2.23. The minimum atomic E-state index is -0.278. The molecule has 3 rings (SSSR count). The van der Waals surface area contributed by atoms with Crippen LogP contribution in [-0.2, 0) is 4.79 Å². The van der Waals surface area contributed by atoms with Gasteiger partial charge >= 0.3 is 0 Å². The fourth-order valence-corrected chi connectivity index (χ4v) is 3.54. The number of amides is 1. The van der Waals surface area contributed by atoms with E-state index in [1.54, 1.807) is 18.3 Å². The van der Waals surface area contributed by atoms with Crippen LogP contribution in [0.25, 0.3) is 11.3 Å². The Morgan fingerprint density at radius 3 is 2.54 bits per heavy atom. The van der Waals surface area contributed by atoms with Gasteiger partial charge in [0.05, 0.1) is 11.9 Å². The van der Waals surface area contributed by atoms with Crippen LogP contribution in [0.2, 0.25) is 0 Å². The van der Waals surface area contributed by atoms with E-state index in [1.807, 2.05) is 0 Å². The topological polar surface area (TPSA) is 71.0 Å². The van der Waals surface area contributed by atoms with Gasteiger partial charge in [-0.3, -0.25) is 4.79 Å². The van der Waals surface area contributed by atoms with E-state index in [0.29, 0.717) is 24.0 Å². The van der Waals surface area contributed by atoms with Gasteiger partial charge in [0, 0.05) is 31.1 Å². The molecule has 28 heavy (non-hydrogen) atoms. The third-order valence-corrected chi connectivity index (χ3v) is 5.46. The Bertz CT molecular complexity index is 771. The van der Waals surface area contributed by atoms with Crippen molar-refractivity contribution in [1.29, 1.82) is 0 Å². The molecule has 1 aromatic carbocycles. The maximum absolute atomic E-state index is 13.1. The number of carbonyl (C=O) groups excluding carboxylic acids is 1. The largest absolute Gasteiger partial charge is 0.353 e. The summed E-state index contributed by atoms with van der Waals surface area (Å²) in [6.07, 6.45) is 5.99. The van der Waals surface area contributed by atoms with Crippen molar-refractivity contribution in [2.24, 2.45) is 5.92 Å². The van der Waals surface area contributed by atoms with Gasteiger partial charge in [-0.05, 0) is 43.0 Å². The fourth-order valence-electron chi connectivity index (χ4n) is 3.54. The number of hydrogen-bond donors (Lipinski definition) is 1. The quantitative estimate of drug-likeness (QED) is 0.789. The lowest BCUT2D eigenvalue weighted by atomic mass is 9.98. The van der Waals surface area contributed by atoms with Crippen LogP contribution in [0.15, 0.2) is 30.5 Å². The first-order valence-electron chi connectivity index (χ1n) is 10.1. The molecule has 0 saturated carbocycles. The first kappa shape index (κ1) is 20.2. The first-order valence-corrected chi connectivity index (χ1v) is 10.1. The van der Waals surface area contributed by atoms with Gasteiger partial charge in [-0.1, -0.05) is 26.7 Å². The molecule has 1 aromatic heterocycles. The highest BCUT2D eigenvalue weighted by Crippen LogP contribution is 2.21. The molecule has 0 aliphatic carbocycles. The molecule has 1 saturated heterocycles. The number of carbonyl (C=O) groups is 1. The minimum Gasteiger partial charge on any atom is -0.353 e. The van der Waals surface area contributed by atoms with Crippen LogP contribution in [0, 0.1) is 11.7 Å². The van der Waals surface area contributed by atoms with Gasteiger partial charge in [0.2, 0.25) is 11.9 Å². The monoisotopic (exact) mass is 385 g/mol. The number of piperidine rings is 1. The lowest BCUT2D eigenvalue weighted by Crippen LogP contribution is -2.45. The maximum atomic E-state index is 13.1. The second kappa shape index (κ2) is 9.57. The van der Waals surface area contributed by atoms with E-state index in [0.717, 1.165) is 44.3 Å².